The number of aromatic nitrogens is 2. The molecular weight excluding hydrogens is 382 g/mol. The van der Waals surface area contributed by atoms with Crippen LogP contribution in [-0.2, 0) is 0 Å². The van der Waals surface area contributed by atoms with E-state index in [1.54, 1.807) is 17.8 Å². The highest BCUT2D eigenvalue weighted by atomic mass is 32.2. The average Bonchev–Trinajstić information content (AvgIpc) is 3.21. The SMILES string of the molecule is CCSC(c1nnc(-c2ccc(N(C)C)c3ccccc23)o1)c1ccccc1O. The fourth-order valence-corrected chi connectivity index (χ4v) is 4.43. The van der Waals surface area contributed by atoms with Crippen LogP contribution in [0, 0.1) is 0 Å². The molecule has 0 saturated heterocycles. The number of phenolic OH excluding ortho intramolecular Hbond substituents is 1. The summed E-state index contributed by atoms with van der Waals surface area (Å²) in [5.74, 6) is 2.07. The summed E-state index contributed by atoms with van der Waals surface area (Å²) in [7, 11) is 4.07. The first-order valence-corrected chi connectivity index (χ1v) is 10.6. The largest absolute Gasteiger partial charge is 0.508 e. The Labute approximate surface area is 174 Å². The zero-order valence-electron chi connectivity index (χ0n) is 16.7. The fraction of sp³-hybridized carbons (Fsp3) is 0.217. The van der Waals surface area contributed by atoms with E-state index in [-0.39, 0.29) is 11.0 Å². The molecule has 1 N–H and O–H groups in total. The van der Waals surface area contributed by atoms with Gasteiger partial charge in [-0.3, -0.25) is 0 Å². The lowest BCUT2D eigenvalue weighted by molar-refractivity contribution is 0.461. The Morgan fingerprint density at radius 3 is 2.41 bits per heavy atom. The molecular formula is C23H23N3O2S. The second-order valence-electron chi connectivity index (χ2n) is 6.91. The Morgan fingerprint density at radius 1 is 0.966 bits per heavy atom. The minimum atomic E-state index is -0.213. The second-order valence-corrected chi connectivity index (χ2v) is 8.29. The molecule has 1 unspecified atom stereocenters. The predicted octanol–water partition coefficient (Wildman–Crippen LogP) is 5.50. The Hall–Kier alpha value is -2.99. The van der Waals surface area contributed by atoms with Crippen molar-refractivity contribution >= 4 is 28.2 Å². The van der Waals surface area contributed by atoms with E-state index in [0.29, 0.717) is 11.8 Å². The van der Waals surface area contributed by atoms with Crippen LogP contribution in [0.3, 0.4) is 0 Å². The standard InChI is InChI=1S/C23H23N3O2S/c1-4-29-21(18-11-7-8-12-20(18)27)23-25-24-22(28-23)17-13-14-19(26(2)3)16-10-6-5-9-15(16)17/h5-14,21,27H,4H2,1-3H3. The Kier molecular flexibility index (Phi) is 5.45. The number of aromatic hydroxyl groups is 1. The van der Waals surface area contributed by atoms with Crippen LogP contribution in [0.1, 0.15) is 23.6 Å². The number of benzene rings is 3. The Morgan fingerprint density at radius 2 is 1.69 bits per heavy atom. The van der Waals surface area contributed by atoms with Gasteiger partial charge < -0.3 is 14.4 Å². The molecule has 0 aliphatic rings. The number of anilines is 1. The third kappa shape index (κ3) is 3.68. The van der Waals surface area contributed by atoms with Crippen molar-refractivity contribution in [2.75, 3.05) is 24.7 Å². The second kappa shape index (κ2) is 8.17. The number of para-hydroxylation sites is 1. The maximum absolute atomic E-state index is 10.3. The zero-order chi connectivity index (χ0) is 20.4. The van der Waals surface area contributed by atoms with Gasteiger partial charge in [-0.25, -0.2) is 0 Å². The molecule has 4 aromatic rings. The summed E-state index contributed by atoms with van der Waals surface area (Å²) >= 11 is 1.65. The van der Waals surface area contributed by atoms with E-state index in [4.69, 9.17) is 4.42 Å². The van der Waals surface area contributed by atoms with Crippen molar-refractivity contribution in [2.45, 2.75) is 12.2 Å². The highest BCUT2D eigenvalue weighted by molar-refractivity contribution is 7.99. The van der Waals surface area contributed by atoms with E-state index in [2.05, 4.69) is 40.2 Å². The van der Waals surface area contributed by atoms with Crippen LogP contribution in [0.25, 0.3) is 22.2 Å². The fourth-order valence-electron chi connectivity index (χ4n) is 3.48. The van der Waals surface area contributed by atoms with Gasteiger partial charge in [-0.05, 0) is 29.3 Å². The van der Waals surface area contributed by atoms with Gasteiger partial charge in [-0.15, -0.1) is 22.0 Å². The number of hydrogen-bond donors (Lipinski definition) is 1. The van der Waals surface area contributed by atoms with E-state index >= 15 is 0 Å². The molecule has 0 radical (unpaired) electrons. The number of fused-ring (bicyclic) bond motifs is 1. The third-order valence-corrected chi connectivity index (χ3v) is 5.95. The monoisotopic (exact) mass is 405 g/mol. The molecule has 0 aliphatic carbocycles. The summed E-state index contributed by atoms with van der Waals surface area (Å²) in [5.41, 5.74) is 2.82. The predicted molar refractivity (Wildman–Crippen MR) is 120 cm³/mol. The molecule has 0 amide bonds. The van der Waals surface area contributed by atoms with Gasteiger partial charge in [-0.1, -0.05) is 49.4 Å². The molecule has 6 heteroatoms. The van der Waals surface area contributed by atoms with Gasteiger partial charge in [0.25, 0.3) is 0 Å². The Balaban J connectivity index is 1.80. The highest BCUT2D eigenvalue weighted by Crippen LogP contribution is 2.40. The van der Waals surface area contributed by atoms with Crippen LogP contribution in [0.2, 0.25) is 0 Å². The molecule has 0 fully saturated rings. The van der Waals surface area contributed by atoms with Crippen LogP contribution < -0.4 is 4.90 Å². The third-order valence-electron chi connectivity index (χ3n) is 4.83. The molecule has 0 bridgehead atoms. The summed E-state index contributed by atoms with van der Waals surface area (Å²) in [6.07, 6.45) is 0. The van der Waals surface area contributed by atoms with Gasteiger partial charge in [0.05, 0.1) is 0 Å². The Bertz CT molecular complexity index is 1140. The van der Waals surface area contributed by atoms with Gasteiger partial charge in [-0.2, -0.15) is 0 Å². The minimum absolute atomic E-state index is 0.213. The molecule has 148 valence electrons. The van der Waals surface area contributed by atoms with E-state index in [9.17, 15) is 5.11 Å². The van der Waals surface area contributed by atoms with Crippen molar-refractivity contribution in [3.05, 3.63) is 72.1 Å². The van der Waals surface area contributed by atoms with Crippen molar-refractivity contribution in [1.82, 2.24) is 10.2 Å². The first-order chi connectivity index (χ1) is 14.1. The maximum atomic E-state index is 10.3. The summed E-state index contributed by atoms with van der Waals surface area (Å²) in [5, 5.41) is 21.0. The first kappa shape index (κ1) is 19.3. The minimum Gasteiger partial charge on any atom is -0.508 e. The topological polar surface area (TPSA) is 62.4 Å². The van der Waals surface area contributed by atoms with Crippen molar-refractivity contribution in [3.63, 3.8) is 0 Å². The molecule has 1 aromatic heterocycles. The molecule has 0 aliphatic heterocycles. The van der Waals surface area contributed by atoms with Gasteiger partial charge in [0.2, 0.25) is 11.8 Å². The van der Waals surface area contributed by atoms with Gasteiger partial charge in [0.15, 0.2) is 0 Å². The average molecular weight is 406 g/mol. The summed E-state index contributed by atoms with van der Waals surface area (Å²) in [4.78, 5) is 2.09. The molecule has 4 rings (SSSR count). The molecule has 0 saturated carbocycles. The molecule has 29 heavy (non-hydrogen) atoms. The van der Waals surface area contributed by atoms with Crippen LogP contribution >= 0.6 is 11.8 Å². The molecule has 1 atom stereocenters. The first-order valence-electron chi connectivity index (χ1n) is 9.52. The smallest absolute Gasteiger partial charge is 0.248 e. The van der Waals surface area contributed by atoms with Crippen molar-refractivity contribution in [2.24, 2.45) is 0 Å². The van der Waals surface area contributed by atoms with Crippen molar-refractivity contribution in [3.8, 4) is 17.2 Å². The lowest BCUT2D eigenvalue weighted by Crippen LogP contribution is -2.09. The van der Waals surface area contributed by atoms with Crippen LogP contribution in [0.15, 0.2) is 65.1 Å². The lowest BCUT2D eigenvalue weighted by Gasteiger charge is -2.16. The lowest BCUT2D eigenvalue weighted by atomic mass is 10.0. The van der Waals surface area contributed by atoms with Gasteiger partial charge in [0, 0.05) is 36.3 Å². The summed E-state index contributed by atoms with van der Waals surface area (Å²) in [6, 6.07) is 19.6. The molecule has 3 aromatic carbocycles. The number of hydrogen-bond acceptors (Lipinski definition) is 6. The van der Waals surface area contributed by atoms with Crippen LogP contribution in [0.5, 0.6) is 5.75 Å². The van der Waals surface area contributed by atoms with Crippen molar-refractivity contribution < 1.29 is 9.52 Å². The normalized spacial score (nSPS) is 12.2. The molecule has 5 nitrogen and oxygen atoms in total. The quantitative estimate of drug-likeness (QED) is 0.457. The van der Waals surface area contributed by atoms with Crippen LogP contribution in [-0.4, -0.2) is 35.2 Å². The summed E-state index contributed by atoms with van der Waals surface area (Å²) in [6.45, 7) is 2.07. The molecule has 1 heterocycles. The van der Waals surface area contributed by atoms with Crippen molar-refractivity contribution in [1.29, 1.82) is 0 Å². The summed E-state index contributed by atoms with van der Waals surface area (Å²) < 4.78 is 6.13. The highest BCUT2D eigenvalue weighted by Gasteiger charge is 2.24. The van der Waals surface area contributed by atoms with E-state index < -0.39 is 0 Å². The van der Waals surface area contributed by atoms with E-state index in [1.807, 2.05) is 50.5 Å². The molecule has 0 spiro atoms. The zero-order valence-corrected chi connectivity index (χ0v) is 17.5. The van der Waals surface area contributed by atoms with Gasteiger partial charge >= 0.3 is 0 Å². The maximum Gasteiger partial charge on any atom is 0.248 e. The van der Waals surface area contributed by atoms with E-state index in [0.717, 1.165) is 33.3 Å². The number of phenols is 1. The van der Waals surface area contributed by atoms with Crippen LogP contribution in [0.4, 0.5) is 5.69 Å². The number of thioether (sulfide) groups is 1. The van der Waals surface area contributed by atoms with Gasteiger partial charge in [0.1, 0.15) is 11.0 Å². The number of rotatable bonds is 6. The number of nitrogens with zero attached hydrogens (tertiary/aromatic N) is 3. The van der Waals surface area contributed by atoms with E-state index in [1.165, 1.54) is 0 Å².